The molecule has 2 aromatic rings. The van der Waals surface area contributed by atoms with E-state index in [9.17, 15) is 9.90 Å². The van der Waals surface area contributed by atoms with E-state index in [2.05, 4.69) is 10.2 Å². The first-order valence-electron chi connectivity index (χ1n) is 6.33. The second kappa shape index (κ2) is 5.50. The number of phenolic OH excluding ortho intramolecular Hbond substituents is 1. The molecular formula is C14H11Cl2N3O2. The Balaban J connectivity index is 1.88. The molecule has 21 heavy (non-hydrogen) atoms. The van der Waals surface area contributed by atoms with E-state index < -0.39 is 0 Å². The van der Waals surface area contributed by atoms with Gasteiger partial charge in [0.1, 0.15) is 5.75 Å². The smallest absolute Gasteiger partial charge is 0.257 e. The summed E-state index contributed by atoms with van der Waals surface area (Å²) in [4.78, 5) is 14.2. The molecule has 0 saturated heterocycles. The van der Waals surface area contributed by atoms with Crippen molar-refractivity contribution in [1.29, 1.82) is 0 Å². The number of hydrogen-bond donors (Lipinski definition) is 1. The van der Waals surface area contributed by atoms with E-state index in [1.165, 1.54) is 6.07 Å². The number of fused-ring (bicyclic) bond motifs is 1. The van der Waals surface area contributed by atoms with E-state index >= 15 is 0 Å². The molecule has 5 nitrogen and oxygen atoms in total. The minimum atomic E-state index is -0.245. The number of carbonyl (C=O) groups excluding carboxylic acids is 1. The number of benzene rings is 1. The molecule has 0 unspecified atom stereocenters. The van der Waals surface area contributed by atoms with Crippen molar-refractivity contribution in [1.82, 2.24) is 15.1 Å². The molecule has 0 atom stereocenters. The fourth-order valence-electron chi connectivity index (χ4n) is 2.39. The maximum Gasteiger partial charge on any atom is 0.257 e. The van der Waals surface area contributed by atoms with E-state index in [4.69, 9.17) is 23.2 Å². The number of carbonyl (C=O) groups is 1. The van der Waals surface area contributed by atoms with Crippen LogP contribution in [-0.4, -0.2) is 32.7 Å². The molecule has 1 amide bonds. The molecule has 1 aromatic carbocycles. The summed E-state index contributed by atoms with van der Waals surface area (Å²) in [7, 11) is 0. The summed E-state index contributed by atoms with van der Waals surface area (Å²) in [5.41, 5.74) is 2.30. The van der Waals surface area contributed by atoms with Crippen LogP contribution in [-0.2, 0) is 13.0 Å². The van der Waals surface area contributed by atoms with Gasteiger partial charge >= 0.3 is 0 Å². The summed E-state index contributed by atoms with van der Waals surface area (Å²) in [5, 5.41) is 16.9. The van der Waals surface area contributed by atoms with Gasteiger partial charge in [0, 0.05) is 13.1 Å². The molecule has 0 bridgehead atoms. The first-order chi connectivity index (χ1) is 10.0. The predicted octanol–water partition coefficient (Wildman–Crippen LogP) is 2.69. The number of aromatic hydroxyl groups is 1. The summed E-state index contributed by atoms with van der Waals surface area (Å²) in [5.74, 6) is -0.0551. The summed E-state index contributed by atoms with van der Waals surface area (Å²) in [6, 6.07) is 6.62. The highest BCUT2D eigenvalue weighted by atomic mass is 35.5. The van der Waals surface area contributed by atoms with E-state index in [1.54, 1.807) is 17.0 Å². The largest absolute Gasteiger partial charge is 0.508 e. The zero-order valence-corrected chi connectivity index (χ0v) is 12.4. The fourth-order valence-corrected chi connectivity index (χ4v) is 2.71. The SMILES string of the molecule is O=C(c1cc(Cl)nnc1Cl)N1CCc2ccc(O)cc2C1. The maximum atomic E-state index is 12.5. The Kier molecular flexibility index (Phi) is 3.69. The molecule has 108 valence electrons. The Morgan fingerprint density at radius 1 is 1.19 bits per heavy atom. The van der Waals surface area contributed by atoms with Crippen LogP contribution >= 0.6 is 23.2 Å². The van der Waals surface area contributed by atoms with Crippen molar-refractivity contribution < 1.29 is 9.90 Å². The molecule has 1 N–H and O–H groups in total. The van der Waals surface area contributed by atoms with Crippen LogP contribution in [0.2, 0.25) is 10.3 Å². The van der Waals surface area contributed by atoms with Gasteiger partial charge in [0.2, 0.25) is 0 Å². The van der Waals surface area contributed by atoms with Crippen molar-refractivity contribution in [3.05, 3.63) is 51.3 Å². The lowest BCUT2D eigenvalue weighted by atomic mass is 9.99. The van der Waals surface area contributed by atoms with Gasteiger partial charge in [0.15, 0.2) is 10.3 Å². The van der Waals surface area contributed by atoms with Crippen molar-refractivity contribution in [2.24, 2.45) is 0 Å². The zero-order chi connectivity index (χ0) is 15.0. The first-order valence-corrected chi connectivity index (χ1v) is 7.09. The molecule has 0 radical (unpaired) electrons. The number of nitrogens with zero attached hydrogens (tertiary/aromatic N) is 3. The minimum absolute atomic E-state index is 0.0334. The van der Waals surface area contributed by atoms with Crippen LogP contribution in [0.3, 0.4) is 0 Å². The number of hydrogen-bond acceptors (Lipinski definition) is 4. The summed E-state index contributed by atoms with van der Waals surface area (Å²) >= 11 is 11.7. The minimum Gasteiger partial charge on any atom is -0.508 e. The Morgan fingerprint density at radius 3 is 2.81 bits per heavy atom. The standard InChI is InChI=1S/C14H11Cl2N3O2/c15-12-6-11(13(16)18-17-12)14(21)19-4-3-8-1-2-10(20)5-9(8)7-19/h1-2,5-6,20H,3-4,7H2. The highest BCUT2D eigenvalue weighted by Crippen LogP contribution is 2.25. The second-order valence-electron chi connectivity index (χ2n) is 4.80. The highest BCUT2D eigenvalue weighted by molar-refractivity contribution is 6.34. The number of halogens is 2. The van der Waals surface area contributed by atoms with E-state index in [-0.39, 0.29) is 27.5 Å². The van der Waals surface area contributed by atoms with Crippen LogP contribution in [0.1, 0.15) is 21.5 Å². The molecule has 0 saturated carbocycles. The molecule has 3 rings (SSSR count). The van der Waals surface area contributed by atoms with E-state index in [0.29, 0.717) is 13.1 Å². The monoisotopic (exact) mass is 323 g/mol. The van der Waals surface area contributed by atoms with Gasteiger partial charge in [-0.1, -0.05) is 29.3 Å². The molecule has 0 aliphatic carbocycles. The maximum absolute atomic E-state index is 12.5. The highest BCUT2D eigenvalue weighted by Gasteiger charge is 2.24. The van der Waals surface area contributed by atoms with Gasteiger partial charge in [0.05, 0.1) is 5.56 Å². The predicted molar refractivity (Wildman–Crippen MR) is 78.6 cm³/mol. The summed E-state index contributed by atoms with van der Waals surface area (Å²) < 4.78 is 0. The lowest BCUT2D eigenvalue weighted by Crippen LogP contribution is -2.36. The van der Waals surface area contributed by atoms with Crippen molar-refractivity contribution in [3.8, 4) is 5.75 Å². The third kappa shape index (κ3) is 2.80. The van der Waals surface area contributed by atoms with Gasteiger partial charge in [-0.05, 0) is 35.7 Å². The average Bonchev–Trinajstić information content (AvgIpc) is 2.48. The van der Waals surface area contributed by atoms with Crippen LogP contribution in [0.15, 0.2) is 24.3 Å². The lowest BCUT2D eigenvalue weighted by Gasteiger charge is -2.29. The Labute approximate surface area is 131 Å². The molecule has 0 spiro atoms. The van der Waals surface area contributed by atoms with Crippen LogP contribution in [0.25, 0.3) is 0 Å². The molecule has 7 heteroatoms. The Bertz CT molecular complexity index is 721. The van der Waals surface area contributed by atoms with Crippen LogP contribution in [0, 0.1) is 0 Å². The van der Waals surface area contributed by atoms with Crippen LogP contribution in [0.4, 0.5) is 0 Å². The normalized spacial score (nSPS) is 13.9. The quantitative estimate of drug-likeness (QED) is 0.876. The van der Waals surface area contributed by atoms with Crippen molar-refractivity contribution in [2.75, 3.05) is 6.54 Å². The lowest BCUT2D eigenvalue weighted by molar-refractivity contribution is 0.0734. The fraction of sp³-hybridized carbons (Fsp3) is 0.214. The number of phenols is 1. The van der Waals surface area contributed by atoms with Crippen molar-refractivity contribution in [2.45, 2.75) is 13.0 Å². The number of rotatable bonds is 1. The van der Waals surface area contributed by atoms with Gasteiger partial charge in [-0.2, -0.15) is 0 Å². The summed E-state index contributed by atoms with van der Waals surface area (Å²) in [6.07, 6.45) is 0.727. The molecule has 1 aliphatic rings. The van der Waals surface area contributed by atoms with Gasteiger partial charge in [-0.15, -0.1) is 10.2 Å². The average molecular weight is 324 g/mol. The third-order valence-electron chi connectivity index (χ3n) is 3.44. The van der Waals surface area contributed by atoms with Crippen LogP contribution in [0.5, 0.6) is 5.75 Å². The van der Waals surface area contributed by atoms with Crippen LogP contribution < -0.4 is 0 Å². The first kappa shape index (κ1) is 14.1. The van der Waals surface area contributed by atoms with Gasteiger partial charge in [0.25, 0.3) is 5.91 Å². The van der Waals surface area contributed by atoms with Gasteiger partial charge < -0.3 is 10.0 Å². The molecular weight excluding hydrogens is 313 g/mol. The second-order valence-corrected chi connectivity index (χ2v) is 5.55. The number of amides is 1. The zero-order valence-electron chi connectivity index (χ0n) is 10.9. The molecule has 1 aliphatic heterocycles. The van der Waals surface area contributed by atoms with E-state index in [0.717, 1.165) is 17.5 Å². The van der Waals surface area contributed by atoms with E-state index in [1.807, 2.05) is 6.07 Å². The topological polar surface area (TPSA) is 66.3 Å². The van der Waals surface area contributed by atoms with Crippen molar-refractivity contribution in [3.63, 3.8) is 0 Å². The summed E-state index contributed by atoms with van der Waals surface area (Å²) in [6.45, 7) is 0.992. The molecule has 2 heterocycles. The molecule has 0 fully saturated rings. The Hall–Kier alpha value is -1.85. The molecule has 1 aromatic heterocycles. The number of aromatic nitrogens is 2. The van der Waals surface area contributed by atoms with Crippen molar-refractivity contribution >= 4 is 29.1 Å². The van der Waals surface area contributed by atoms with Gasteiger partial charge in [-0.3, -0.25) is 4.79 Å². The Morgan fingerprint density at radius 2 is 2.00 bits per heavy atom. The third-order valence-corrected chi connectivity index (χ3v) is 3.90. The van der Waals surface area contributed by atoms with Gasteiger partial charge in [-0.25, -0.2) is 0 Å².